The van der Waals surface area contributed by atoms with Gasteiger partial charge in [-0.3, -0.25) is 0 Å². The molecule has 58 valence electrons. The maximum Gasteiger partial charge on any atom is 0.330 e. The van der Waals surface area contributed by atoms with Gasteiger partial charge in [-0.25, -0.2) is 4.79 Å². The van der Waals surface area contributed by atoms with E-state index in [4.69, 9.17) is 5.11 Å². The van der Waals surface area contributed by atoms with Gasteiger partial charge in [0.05, 0.1) is 0 Å². The van der Waals surface area contributed by atoms with Crippen LogP contribution in [0.3, 0.4) is 0 Å². The van der Waals surface area contributed by atoms with Crippen LogP contribution in [0.2, 0.25) is 0 Å². The minimum absolute atomic E-state index is 0.00253. The van der Waals surface area contributed by atoms with Crippen molar-refractivity contribution in [2.75, 3.05) is 19.5 Å². The van der Waals surface area contributed by atoms with Gasteiger partial charge in [0, 0.05) is 5.57 Å². The lowest BCUT2D eigenvalue weighted by atomic mass is 10.3. The quantitative estimate of drug-likeness (QED) is 0.504. The molecule has 0 bridgehead atoms. The zero-order chi connectivity index (χ0) is 8.15. The number of carboxylic acid groups (broad SMARTS) is 1. The first-order chi connectivity index (χ1) is 4.54. The van der Waals surface area contributed by atoms with Gasteiger partial charge in [0.25, 0.3) is 0 Å². The normalized spacial score (nSPS) is 12.2. The zero-order valence-electron chi connectivity index (χ0n) is 6.59. The van der Waals surface area contributed by atoms with Crippen LogP contribution in [0.15, 0.2) is 11.6 Å². The minimum atomic E-state index is -0.808. The summed E-state index contributed by atoms with van der Waals surface area (Å²) in [6.07, 6.45) is 2.70. The van der Waals surface area contributed by atoms with Crippen molar-refractivity contribution >= 4 is 13.9 Å². The highest BCUT2D eigenvalue weighted by molar-refractivity contribution is 7.56. The van der Waals surface area contributed by atoms with E-state index in [0.29, 0.717) is 5.57 Å². The molecule has 0 aliphatic carbocycles. The van der Waals surface area contributed by atoms with Crippen molar-refractivity contribution < 1.29 is 9.90 Å². The fraction of sp³-hybridized carbons (Fsp3) is 0.571. The number of carbonyl (C=O) groups is 1. The lowest BCUT2D eigenvalue weighted by molar-refractivity contribution is -0.132. The Hall–Kier alpha value is -0.360. The number of carboxylic acids is 1. The second kappa shape index (κ2) is 4.45. The van der Waals surface area contributed by atoms with Crippen molar-refractivity contribution in [3.63, 3.8) is 0 Å². The van der Waals surface area contributed by atoms with Crippen molar-refractivity contribution in [1.82, 2.24) is 0 Å². The average Bonchev–Trinajstić information content (AvgIpc) is 1.82. The monoisotopic (exact) mass is 160 g/mol. The Kier molecular flexibility index (Phi) is 4.29. The fourth-order valence-corrected chi connectivity index (χ4v) is 1.05. The summed E-state index contributed by atoms with van der Waals surface area (Å²) >= 11 is 0. The molecule has 0 saturated carbocycles. The van der Waals surface area contributed by atoms with E-state index in [0.717, 1.165) is 6.16 Å². The largest absolute Gasteiger partial charge is 0.478 e. The molecule has 0 aliphatic rings. The predicted molar refractivity (Wildman–Crippen MR) is 45.0 cm³/mol. The summed E-state index contributed by atoms with van der Waals surface area (Å²) in [7, 11) is 0.00253. The summed E-state index contributed by atoms with van der Waals surface area (Å²) in [5.41, 5.74) is 0.455. The molecule has 10 heavy (non-hydrogen) atoms. The van der Waals surface area contributed by atoms with Crippen molar-refractivity contribution in [1.29, 1.82) is 0 Å². The van der Waals surface area contributed by atoms with Gasteiger partial charge in [-0.05, 0) is 26.4 Å². The van der Waals surface area contributed by atoms with E-state index in [1.807, 2.05) is 0 Å². The molecule has 0 spiro atoms. The molecule has 0 aromatic rings. The molecule has 0 radical (unpaired) electrons. The van der Waals surface area contributed by atoms with E-state index in [1.165, 1.54) is 0 Å². The van der Waals surface area contributed by atoms with Crippen LogP contribution in [0.4, 0.5) is 0 Å². The molecule has 2 nitrogen and oxygen atoms in total. The summed E-state index contributed by atoms with van der Waals surface area (Å²) in [5, 5.41) is 8.43. The number of aliphatic carboxylic acids is 1. The molecular formula is C7H13O2P. The Morgan fingerprint density at radius 1 is 1.60 bits per heavy atom. The van der Waals surface area contributed by atoms with Crippen LogP contribution in [-0.4, -0.2) is 30.6 Å². The first-order valence-corrected chi connectivity index (χ1v) is 5.51. The van der Waals surface area contributed by atoms with Gasteiger partial charge in [0.2, 0.25) is 0 Å². The van der Waals surface area contributed by atoms with Gasteiger partial charge >= 0.3 is 5.97 Å². The topological polar surface area (TPSA) is 37.3 Å². The smallest absolute Gasteiger partial charge is 0.330 e. The van der Waals surface area contributed by atoms with E-state index >= 15 is 0 Å². The van der Waals surface area contributed by atoms with Crippen LogP contribution < -0.4 is 0 Å². The Bertz CT molecular complexity index is 150. The Morgan fingerprint density at radius 3 is 2.40 bits per heavy atom. The Morgan fingerprint density at radius 2 is 2.10 bits per heavy atom. The highest BCUT2D eigenvalue weighted by Gasteiger charge is 1.98. The molecule has 1 N–H and O–H groups in total. The van der Waals surface area contributed by atoms with Crippen molar-refractivity contribution in [2.24, 2.45) is 0 Å². The van der Waals surface area contributed by atoms with Crippen LogP contribution in [0, 0.1) is 0 Å². The maximum atomic E-state index is 10.3. The number of hydrogen-bond acceptors (Lipinski definition) is 1. The third-order valence-electron chi connectivity index (χ3n) is 1.10. The predicted octanol–water partition coefficient (Wildman–Crippen LogP) is 1.76. The van der Waals surface area contributed by atoms with Crippen molar-refractivity contribution in [2.45, 2.75) is 6.92 Å². The molecule has 0 rings (SSSR count). The van der Waals surface area contributed by atoms with Crippen molar-refractivity contribution in [3.8, 4) is 0 Å². The van der Waals surface area contributed by atoms with Crippen LogP contribution in [0.5, 0.6) is 0 Å². The number of allylic oxidation sites excluding steroid dienone is 1. The highest BCUT2D eigenvalue weighted by Crippen LogP contribution is 2.24. The molecule has 0 aliphatic heterocycles. The first kappa shape index (κ1) is 9.64. The molecule has 0 aromatic carbocycles. The SMILES string of the molecule is CC(=CCP(C)C)C(=O)O. The average molecular weight is 160 g/mol. The molecular weight excluding hydrogens is 147 g/mol. The third kappa shape index (κ3) is 4.51. The zero-order valence-corrected chi connectivity index (χ0v) is 7.48. The third-order valence-corrected chi connectivity index (χ3v) is 2.01. The molecule has 0 unspecified atom stereocenters. The standard InChI is InChI=1S/C7H13O2P/c1-6(7(8)9)4-5-10(2)3/h4H,5H2,1-3H3,(H,8,9). The number of rotatable bonds is 3. The lowest BCUT2D eigenvalue weighted by Crippen LogP contribution is -1.96. The minimum Gasteiger partial charge on any atom is -0.478 e. The van der Waals surface area contributed by atoms with E-state index in [2.05, 4.69) is 13.3 Å². The summed E-state index contributed by atoms with van der Waals surface area (Å²) < 4.78 is 0. The maximum absolute atomic E-state index is 10.3. The summed E-state index contributed by atoms with van der Waals surface area (Å²) in [5.74, 6) is -0.808. The molecule has 0 fully saturated rings. The molecule has 0 amide bonds. The van der Waals surface area contributed by atoms with E-state index in [1.54, 1.807) is 13.0 Å². The van der Waals surface area contributed by atoms with Gasteiger partial charge in [-0.1, -0.05) is 6.08 Å². The van der Waals surface area contributed by atoms with E-state index < -0.39 is 5.97 Å². The fourth-order valence-electron chi connectivity index (χ4n) is 0.407. The molecule has 0 heterocycles. The van der Waals surface area contributed by atoms with Gasteiger partial charge in [-0.15, -0.1) is 7.92 Å². The van der Waals surface area contributed by atoms with Gasteiger partial charge in [0.15, 0.2) is 0 Å². The van der Waals surface area contributed by atoms with Gasteiger partial charge in [-0.2, -0.15) is 0 Å². The van der Waals surface area contributed by atoms with Gasteiger partial charge in [0.1, 0.15) is 0 Å². The summed E-state index contributed by atoms with van der Waals surface area (Å²) in [4.78, 5) is 10.3. The molecule has 3 heteroatoms. The second-order valence-electron chi connectivity index (χ2n) is 2.45. The summed E-state index contributed by atoms with van der Waals surface area (Å²) in [6.45, 7) is 5.88. The van der Waals surface area contributed by atoms with E-state index in [-0.39, 0.29) is 7.92 Å². The highest BCUT2D eigenvalue weighted by atomic mass is 31.1. The van der Waals surface area contributed by atoms with Crippen molar-refractivity contribution in [3.05, 3.63) is 11.6 Å². The van der Waals surface area contributed by atoms with Crippen LogP contribution >= 0.6 is 7.92 Å². The molecule has 0 saturated heterocycles. The second-order valence-corrected chi connectivity index (χ2v) is 4.98. The van der Waals surface area contributed by atoms with Crippen LogP contribution in [0.1, 0.15) is 6.92 Å². The van der Waals surface area contributed by atoms with E-state index in [9.17, 15) is 4.79 Å². The lowest BCUT2D eigenvalue weighted by Gasteiger charge is -1.98. The molecule has 0 atom stereocenters. The van der Waals surface area contributed by atoms with Crippen LogP contribution in [0.25, 0.3) is 0 Å². The van der Waals surface area contributed by atoms with Crippen LogP contribution in [-0.2, 0) is 4.79 Å². The number of hydrogen-bond donors (Lipinski definition) is 1. The van der Waals surface area contributed by atoms with Gasteiger partial charge < -0.3 is 5.11 Å². The summed E-state index contributed by atoms with van der Waals surface area (Å²) in [6, 6.07) is 0. The first-order valence-electron chi connectivity index (χ1n) is 3.09. The Balaban J connectivity index is 3.81. The molecule has 0 aromatic heterocycles. The Labute approximate surface area is 62.7 Å².